The number of thioether (sulfide) groups is 1. The molecule has 1 aliphatic rings. The number of allylic oxidation sites excluding steroid dienone is 1. The van der Waals surface area contributed by atoms with E-state index in [1.807, 2.05) is 39.0 Å². The van der Waals surface area contributed by atoms with Crippen molar-refractivity contribution < 1.29 is 23.9 Å². The zero-order valence-corrected chi connectivity index (χ0v) is 20.6. The molecule has 2 aromatic carbocycles. The van der Waals surface area contributed by atoms with E-state index in [1.54, 1.807) is 31.4 Å². The average molecular weight is 481 g/mol. The Morgan fingerprint density at radius 3 is 2.59 bits per heavy atom. The summed E-state index contributed by atoms with van der Waals surface area (Å²) in [6.45, 7) is 9.66. The smallest absolute Gasteiger partial charge is 0.294 e. The highest BCUT2D eigenvalue weighted by molar-refractivity contribution is 8.18. The van der Waals surface area contributed by atoms with Gasteiger partial charge in [-0.25, -0.2) is 0 Å². The highest BCUT2D eigenvalue weighted by Gasteiger charge is 2.36. The number of benzene rings is 2. The topological polar surface area (TPSA) is 84.9 Å². The lowest BCUT2D eigenvalue weighted by Crippen LogP contribution is -2.36. The molecule has 0 atom stereocenters. The Morgan fingerprint density at radius 1 is 1.18 bits per heavy atom. The van der Waals surface area contributed by atoms with Gasteiger partial charge in [0.25, 0.3) is 11.1 Å². The minimum absolute atomic E-state index is 0.237. The zero-order valence-electron chi connectivity index (χ0n) is 19.8. The number of aryl methyl sites for hydroxylation is 2. The Kier molecular flexibility index (Phi) is 8.17. The lowest BCUT2D eigenvalue weighted by Gasteiger charge is -2.15. The van der Waals surface area contributed by atoms with Crippen molar-refractivity contribution in [1.82, 2.24) is 4.90 Å². The fourth-order valence-electron chi connectivity index (χ4n) is 3.52. The number of hydrogen-bond donors (Lipinski definition) is 1. The maximum Gasteiger partial charge on any atom is 0.294 e. The van der Waals surface area contributed by atoms with E-state index in [0.29, 0.717) is 35.8 Å². The van der Waals surface area contributed by atoms with Gasteiger partial charge in [0.15, 0.2) is 11.5 Å². The maximum absolute atomic E-state index is 12.9. The Labute approximate surface area is 203 Å². The second-order valence-corrected chi connectivity index (χ2v) is 8.75. The molecule has 0 radical (unpaired) electrons. The highest BCUT2D eigenvalue weighted by Crippen LogP contribution is 2.37. The average Bonchev–Trinajstić information content (AvgIpc) is 3.04. The molecule has 2 aromatic rings. The van der Waals surface area contributed by atoms with Crippen LogP contribution in [0.25, 0.3) is 6.08 Å². The van der Waals surface area contributed by atoms with Crippen LogP contribution < -0.4 is 14.8 Å². The number of ether oxygens (including phenoxy) is 2. The zero-order chi connectivity index (χ0) is 24.8. The van der Waals surface area contributed by atoms with Gasteiger partial charge in [0.2, 0.25) is 5.91 Å². The van der Waals surface area contributed by atoms with E-state index in [0.717, 1.165) is 33.4 Å². The van der Waals surface area contributed by atoms with Gasteiger partial charge in [0.1, 0.15) is 6.54 Å². The number of carbonyl (C=O) groups is 3. The molecule has 34 heavy (non-hydrogen) atoms. The standard InChI is InChI=1S/C26H28N2O5S/c1-6-8-19-12-18(13-21(33-7-2)24(19)32-5)14-22-25(30)28(26(31)34-22)15-23(29)27-20-10-9-16(3)17(4)11-20/h6,9-14H,1,7-8,15H2,2-5H3,(H,27,29)/b22-14+. The second-order valence-electron chi connectivity index (χ2n) is 7.75. The van der Waals surface area contributed by atoms with E-state index in [2.05, 4.69) is 11.9 Å². The molecule has 0 bridgehead atoms. The third-order valence-electron chi connectivity index (χ3n) is 5.29. The summed E-state index contributed by atoms with van der Waals surface area (Å²) in [6.07, 6.45) is 3.92. The SMILES string of the molecule is C=CCc1cc(/C=C2/SC(=O)N(CC(=O)Nc3ccc(C)c(C)c3)C2=O)cc(OCC)c1OC. The molecular formula is C26H28N2O5S. The third kappa shape index (κ3) is 5.69. The minimum Gasteiger partial charge on any atom is -0.493 e. The Hall–Kier alpha value is -3.52. The molecule has 0 unspecified atom stereocenters. The number of nitrogens with zero attached hydrogens (tertiary/aromatic N) is 1. The summed E-state index contributed by atoms with van der Waals surface area (Å²) in [4.78, 5) is 39.1. The molecule has 3 rings (SSSR count). The molecule has 0 saturated carbocycles. The van der Waals surface area contributed by atoms with Gasteiger partial charge in [-0.15, -0.1) is 6.58 Å². The van der Waals surface area contributed by atoms with Crippen molar-refractivity contribution in [2.75, 3.05) is 25.6 Å². The first-order chi connectivity index (χ1) is 16.3. The first-order valence-corrected chi connectivity index (χ1v) is 11.7. The van der Waals surface area contributed by atoms with Crippen LogP contribution in [-0.4, -0.2) is 42.2 Å². The Morgan fingerprint density at radius 2 is 1.94 bits per heavy atom. The Bertz CT molecular complexity index is 1170. The summed E-state index contributed by atoms with van der Waals surface area (Å²) < 4.78 is 11.2. The van der Waals surface area contributed by atoms with Crippen LogP contribution in [0.1, 0.15) is 29.2 Å². The van der Waals surface area contributed by atoms with Gasteiger partial charge in [-0.3, -0.25) is 19.3 Å². The summed E-state index contributed by atoms with van der Waals surface area (Å²) in [7, 11) is 1.57. The van der Waals surface area contributed by atoms with Crippen LogP contribution in [0.2, 0.25) is 0 Å². The van der Waals surface area contributed by atoms with Crippen molar-refractivity contribution in [2.24, 2.45) is 0 Å². The number of rotatable bonds is 9. The van der Waals surface area contributed by atoms with Crippen molar-refractivity contribution in [1.29, 1.82) is 0 Å². The summed E-state index contributed by atoms with van der Waals surface area (Å²) in [6, 6.07) is 9.16. The molecular weight excluding hydrogens is 452 g/mol. The first-order valence-electron chi connectivity index (χ1n) is 10.8. The summed E-state index contributed by atoms with van der Waals surface area (Å²) >= 11 is 0.804. The van der Waals surface area contributed by atoms with Gasteiger partial charge in [0.05, 0.1) is 18.6 Å². The molecule has 0 aromatic heterocycles. The molecule has 1 heterocycles. The lowest BCUT2D eigenvalue weighted by atomic mass is 10.0. The van der Waals surface area contributed by atoms with E-state index in [1.165, 1.54) is 0 Å². The number of carbonyl (C=O) groups excluding carboxylic acids is 3. The predicted molar refractivity (Wildman–Crippen MR) is 135 cm³/mol. The third-order valence-corrected chi connectivity index (χ3v) is 6.19. The Balaban J connectivity index is 1.80. The molecule has 0 spiro atoms. The van der Waals surface area contributed by atoms with Crippen LogP contribution in [0.15, 0.2) is 47.9 Å². The maximum atomic E-state index is 12.9. The molecule has 1 saturated heterocycles. The number of methoxy groups -OCH3 is 1. The quantitative estimate of drug-likeness (QED) is 0.396. The van der Waals surface area contributed by atoms with Gasteiger partial charge < -0.3 is 14.8 Å². The molecule has 0 aliphatic carbocycles. The van der Waals surface area contributed by atoms with Crippen LogP contribution >= 0.6 is 11.8 Å². The van der Waals surface area contributed by atoms with E-state index in [9.17, 15) is 14.4 Å². The number of anilines is 1. The second kappa shape index (κ2) is 11.1. The van der Waals surface area contributed by atoms with Crippen LogP contribution in [0.4, 0.5) is 10.5 Å². The van der Waals surface area contributed by atoms with Crippen LogP contribution in [0.5, 0.6) is 11.5 Å². The van der Waals surface area contributed by atoms with Crippen LogP contribution in [0.3, 0.4) is 0 Å². The minimum atomic E-state index is -0.510. The van der Waals surface area contributed by atoms with Crippen molar-refractivity contribution in [3.63, 3.8) is 0 Å². The van der Waals surface area contributed by atoms with Crippen molar-refractivity contribution in [3.8, 4) is 11.5 Å². The molecule has 1 N–H and O–H groups in total. The number of hydrogen-bond acceptors (Lipinski definition) is 6. The van der Waals surface area contributed by atoms with Crippen LogP contribution in [0, 0.1) is 13.8 Å². The number of nitrogens with one attached hydrogen (secondary N) is 1. The van der Waals surface area contributed by atoms with Gasteiger partial charge in [-0.2, -0.15) is 0 Å². The summed E-state index contributed by atoms with van der Waals surface area (Å²) in [5.74, 6) is 0.199. The molecule has 1 fully saturated rings. The fourth-order valence-corrected chi connectivity index (χ4v) is 4.36. The van der Waals surface area contributed by atoms with E-state index in [4.69, 9.17) is 9.47 Å². The first kappa shape index (κ1) is 25.1. The fraction of sp³-hybridized carbons (Fsp3) is 0.269. The van der Waals surface area contributed by atoms with Crippen molar-refractivity contribution in [3.05, 3.63) is 70.1 Å². The van der Waals surface area contributed by atoms with Gasteiger partial charge >= 0.3 is 0 Å². The van der Waals surface area contributed by atoms with Gasteiger partial charge in [-0.1, -0.05) is 12.1 Å². The highest BCUT2D eigenvalue weighted by atomic mass is 32.2. The van der Waals surface area contributed by atoms with Crippen molar-refractivity contribution in [2.45, 2.75) is 27.2 Å². The largest absolute Gasteiger partial charge is 0.493 e. The summed E-state index contributed by atoms with van der Waals surface area (Å²) in [5, 5.41) is 2.26. The van der Waals surface area contributed by atoms with Gasteiger partial charge in [-0.05, 0) is 86.0 Å². The number of amides is 3. The number of imide groups is 1. The van der Waals surface area contributed by atoms with E-state index in [-0.39, 0.29) is 11.4 Å². The summed E-state index contributed by atoms with van der Waals surface area (Å²) in [5.41, 5.74) is 4.30. The van der Waals surface area contributed by atoms with E-state index >= 15 is 0 Å². The molecule has 3 amide bonds. The normalized spacial score (nSPS) is 14.5. The molecule has 7 nitrogen and oxygen atoms in total. The molecule has 1 aliphatic heterocycles. The monoisotopic (exact) mass is 480 g/mol. The van der Waals surface area contributed by atoms with Crippen LogP contribution in [-0.2, 0) is 16.0 Å². The van der Waals surface area contributed by atoms with E-state index < -0.39 is 17.1 Å². The predicted octanol–water partition coefficient (Wildman–Crippen LogP) is 5.11. The molecule has 8 heteroatoms. The molecule has 178 valence electrons. The van der Waals surface area contributed by atoms with Crippen molar-refractivity contribution >= 4 is 40.6 Å². The van der Waals surface area contributed by atoms with Gasteiger partial charge in [0, 0.05) is 11.3 Å². The lowest BCUT2D eigenvalue weighted by molar-refractivity contribution is -0.127.